The van der Waals surface area contributed by atoms with Crippen molar-refractivity contribution in [3.63, 3.8) is 0 Å². The van der Waals surface area contributed by atoms with Gasteiger partial charge in [0, 0.05) is 18.5 Å². The van der Waals surface area contributed by atoms with Crippen LogP contribution in [-0.2, 0) is 14.3 Å². The zero-order chi connectivity index (χ0) is 23.6. The molecule has 0 bridgehead atoms. The van der Waals surface area contributed by atoms with Gasteiger partial charge in [-0.05, 0) is 48.9 Å². The fourth-order valence-corrected chi connectivity index (χ4v) is 4.82. The Morgan fingerprint density at radius 2 is 1.61 bits per heavy atom. The van der Waals surface area contributed by atoms with Crippen molar-refractivity contribution in [2.75, 3.05) is 13.2 Å². The summed E-state index contributed by atoms with van der Waals surface area (Å²) in [6.45, 7) is 3.72. The lowest BCUT2D eigenvalue weighted by molar-refractivity contribution is -0.142. The fourth-order valence-electron chi connectivity index (χ4n) is 4.82. The molecule has 33 heavy (non-hydrogen) atoms. The summed E-state index contributed by atoms with van der Waals surface area (Å²) in [4.78, 5) is 36.6. The Morgan fingerprint density at radius 3 is 2.21 bits per heavy atom. The van der Waals surface area contributed by atoms with Gasteiger partial charge in [0.15, 0.2) is 0 Å². The van der Waals surface area contributed by atoms with E-state index in [1.807, 2.05) is 24.3 Å². The van der Waals surface area contributed by atoms with E-state index in [1.54, 1.807) is 13.8 Å². The molecular formula is C26H30N2O5. The van der Waals surface area contributed by atoms with E-state index < -0.39 is 23.4 Å². The van der Waals surface area contributed by atoms with E-state index >= 15 is 0 Å². The molecule has 174 valence electrons. The van der Waals surface area contributed by atoms with Gasteiger partial charge in [0.25, 0.3) is 0 Å². The van der Waals surface area contributed by atoms with Gasteiger partial charge < -0.3 is 20.5 Å². The van der Waals surface area contributed by atoms with Crippen molar-refractivity contribution in [2.45, 2.75) is 45.1 Å². The molecule has 0 heterocycles. The predicted molar refractivity (Wildman–Crippen MR) is 124 cm³/mol. The number of carboxylic acids is 1. The van der Waals surface area contributed by atoms with Crippen molar-refractivity contribution in [1.82, 2.24) is 10.6 Å². The summed E-state index contributed by atoms with van der Waals surface area (Å²) in [7, 11) is 0. The van der Waals surface area contributed by atoms with E-state index in [4.69, 9.17) is 4.74 Å². The number of amides is 2. The molecule has 0 saturated heterocycles. The molecule has 7 heteroatoms. The lowest BCUT2D eigenvalue weighted by atomic mass is 9.91. The lowest BCUT2D eigenvalue weighted by Crippen LogP contribution is -2.50. The quantitative estimate of drug-likeness (QED) is 0.593. The van der Waals surface area contributed by atoms with Gasteiger partial charge >= 0.3 is 12.1 Å². The molecule has 0 aliphatic heterocycles. The minimum atomic E-state index is -0.906. The number of benzene rings is 2. The van der Waals surface area contributed by atoms with E-state index in [-0.39, 0.29) is 31.0 Å². The summed E-state index contributed by atoms with van der Waals surface area (Å²) in [5, 5.41) is 14.9. The molecule has 2 aromatic carbocycles. The van der Waals surface area contributed by atoms with E-state index in [0.717, 1.165) is 28.7 Å². The number of aliphatic carboxylic acids is 1. The molecule has 3 N–H and O–H groups in total. The number of carbonyl (C=O) groups is 3. The first-order valence-corrected chi connectivity index (χ1v) is 11.4. The van der Waals surface area contributed by atoms with Gasteiger partial charge in [-0.2, -0.15) is 0 Å². The lowest BCUT2D eigenvalue weighted by Gasteiger charge is -2.27. The predicted octanol–water partition coefficient (Wildman–Crippen LogP) is 3.92. The normalized spacial score (nSPS) is 19.5. The summed E-state index contributed by atoms with van der Waals surface area (Å²) >= 11 is 0. The van der Waals surface area contributed by atoms with Crippen molar-refractivity contribution >= 4 is 18.0 Å². The number of rotatable bonds is 7. The van der Waals surface area contributed by atoms with Crippen LogP contribution >= 0.6 is 0 Å². The van der Waals surface area contributed by atoms with Crippen LogP contribution in [0.1, 0.15) is 50.2 Å². The zero-order valence-electron chi connectivity index (χ0n) is 19.0. The SMILES string of the molecule is CC(C)(CNC(=O)OCC1c2ccccc2-c2ccccc21)C(=O)N[C@@H]1CCC[C@@H]1C(=O)O. The van der Waals surface area contributed by atoms with Crippen LogP contribution in [0.2, 0.25) is 0 Å². The van der Waals surface area contributed by atoms with Gasteiger partial charge in [0.1, 0.15) is 6.61 Å². The van der Waals surface area contributed by atoms with Crippen LogP contribution in [-0.4, -0.2) is 42.3 Å². The van der Waals surface area contributed by atoms with E-state index in [9.17, 15) is 19.5 Å². The second kappa shape index (κ2) is 9.25. The number of ether oxygens (including phenoxy) is 1. The molecule has 2 aliphatic rings. The van der Waals surface area contributed by atoms with Gasteiger partial charge in [-0.25, -0.2) is 4.79 Å². The van der Waals surface area contributed by atoms with E-state index in [2.05, 4.69) is 34.9 Å². The maximum Gasteiger partial charge on any atom is 0.407 e. The Kier molecular flexibility index (Phi) is 6.40. The number of alkyl carbamates (subject to hydrolysis) is 1. The van der Waals surface area contributed by atoms with Crippen molar-refractivity contribution in [1.29, 1.82) is 0 Å². The number of fused-ring (bicyclic) bond motifs is 3. The average Bonchev–Trinajstić information content (AvgIpc) is 3.39. The topological polar surface area (TPSA) is 105 Å². The van der Waals surface area contributed by atoms with Crippen LogP contribution in [0.15, 0.2) is 48.5 Å². The monoisotopic (exact) mass is 450 g/mol. The third kappa shape index (κ3) is 4.72. The second-order valence-corrected chi connectivity index (χ2v) is 9.52. The summed E-state index contributed by atoms with van der Waals surface area (Å²) in [6.07, 6.45) is 1.42. The number of hydrogen-bond acceptors (Lipinski definition) is 4. The van der Waals surface area contributed by atoms with Crippen LogP contribution in [0.5, 0.6) is 0 Å². The van der Waals surface area contributed by atoms with Crippen molar-refractivity contribution in [3.05, 3.63) is 59.7 Å². The Bertz CT molecular complexity index is 1020. The Labute approximate surface area is 193 Å². The molecule has 2 aliphatic carbocycles. The highest BCUT2D eigenvalue weighted by molar-refractivity contribution is 5.84. The molecule has 0 aromatic heterocycles. The second-order valence-electron chi connectivity index (χ2n) is 9.52. The van der Waals surface area contributed by atoms with Crippen LogP contribution in [0.4, 0.5) is 4.79 Å². The number of carboxylic acid groups (broad SMARTS) is 1. The largest absolute Gasteiger partial charge is 0.481 e. The van der Waals surface area contributed by atoms with Gasteiger partial charge in [-0.1, -0.05) is 55.0 Å². The molecule has 0 spiro atoms. The van der Waals surface area contributed by atoms with Gasteiger partial charge in [0.2, 0.25) is 5.91 Å². The van der Waals surface area contributed by atoms with Crippen LogP contribution in [0.3, 0.4) is 0 Å². The van der Waals surface area contributed by atoms with Crippen molar-refractivity contribution in [2.24, 2.45) is 11.3 Å². The molecule has 1 fully saturated rings. The Morgan fingerprint density at radius 1 is 1.00 bits per heavy atom. The molecule has 4 rings (SSSR count). The standard InChI is InChI=1S/C26H30N2O5/c1-26(2,24(31)28-22-13-7-12-20(22)23(29)30)15-27-25(32)33-14-21-18-10-5-3-8-16(18)17-9-4-6-11-19(17)21/h3-6,8-11,20-22H,7,12-15H2,1-2H3,(H,27,32)(H,28,31)(H,29,30)/t20-,22+/m0/s1. The van der Waals surface area contributed by atoms with Gasteiger partial charge in [0.05, 0.1) is 11.3 Å². The Hall–Kier alpha value is -3.35. The van der Waals surface area contributed by atoms with Gasteiger partial charge in [-0.15, -0.1) is 0 Å². The molecule has 0 unspecified atom stereocenters. The highest BCUT2D eigenvalue weighted by Crippen LogP contribution is 2.44. The summed E-state index contributed by atoms with van der Waals surface area (Å²) in [6, 6.07) is 15.9. The fraction of sp³-hybridized carbons (Fsp3) is 0.423. The molecule has 0 radical (unpaired) electrons. The molecular weight excluding hydrogens is 420 g/mol. The number of carbonyl (C=O) groups excluding carboxylic acids is 2. The summed E-state index contributed by atoms with van der Waals surface area (Å²) < 4.78 is 5.54. The minimum Gasteiger partial charge on any atom is -0.481 e. The minimum absolute atomic E-state index is 0.0326. The van der Waals surface area contributed by atoms with Crippen molar-refractivity contribution < 1.29 is 24.2 Å². The number of hydrogen-bond donors (Lipinski definition) is 3. The van der Waals surface area contributed by atoms with Gasteiger partial charge in [-0.3, -0.25) is 9.59 Å². The number of nitrogens with one attached hydrogen (secondary N) is 2. The first-order valence-electron chi connectivity index (χ1n) is 11.4. The smallest absolute Gasteiger partial charge is 0.407 e. The first-order chi connectivity index (χ1) is 15.8. The molecule has 2 amide bonds. The third-order valence-corrected chi connectivity index (χ3v) is 6.78. The van der Waals surface area contributed by atoms with E-state index in [1.165, 1.54) is 0 Å². The average molecular weight is 451 g/mol. The van der Waals surface area contributed by atoms with Crippen molar-refractivity contribution in [3.8, 4) is 11.1 Å². The van der Waals surface area contributed by atoms with Crippen LogP contribution < -0.4 is 10.6 Å². The molecule has 2 atom stereocenters. The maximum atomic E-state index is 12.7. The maximum absolute atomic E-state index is 12.7. The van der Waals surface area contributed by atoms with Crippen LogP contribution in [0, 0.1) is 11.3 Å². The third-order valence-electron chi connectivity index (χ3n) is 6.78. The highest BCUT2D eigenvalue weighted by atomic mass is 16.5. The van der Waals surface area contributed by atoms with Crippen LogP contribution in [0.25, 0.3) is 11.1 Å². The highest BCUT2D eigenvalue weighted by Gasteiger charge is 2.37. The first kappa shape index (κ1) is 22.8. The zero-order valence-corrected chi connectivity index (χ0v) is 19.0. The molecule has 2 aromatic rings. The molecule has 1 saturated carbocycles. The summed E-state index contributed by atoms with van der Waals surface area (Å²) in [5.41, 5.74) is 3.68. The summed E-state index contributed by atoms with van der Waals surface area (Å²) in [5.74, 6) is -1.75. The Balaban J connectivity index is 1.31. The molecule has 7 nitrogen and oxygen atoms in total. The van der Waals surface area contributed by atoms with E-state index in [0.29, 0.717) is 12.8 Å².